The number of aliphatic hydroxyl groups is 1. The summed E-state index contributed by atoms with van der Waals surface area (Å²) in [4.78, 5) is 10.5. The summed E-state index contributed by atoms with van der Waals surface area (Å²) in [5.74, 6) is -0.899. The third kappa shape index (κ3) is 3.95. The van der Waals surface area contributed by atoms with Crippen LogP contribution in [0, 0.1) is 0 Å². The van der Waals surface area contributed by atoms with Crippen molar-refractivity contribution in [3.8, 4) is 0 Å². The standard InChI is InChI=1S/C10H11F3N2O2/c11-10(12,13)6-1-3-7(4-2-6)15-5-8(16)9(14)17/h1-4,8,15-16H,5H2,(H2,14,17). The second-order valence-corrected chi connectivity index (χ2v) is 3.37. The molecule has 4 N–H and O–H groups in total. The lowest BCUT2D eigenvalue weighted by Gasteiger charge is -2.11. The maximum absolute atomic E-state index is 12.2. The van der Waals surface area contributed by atoms with Gasteiger partial charge in [-0.05, 0) is 24.3 Å². The number of rotatable bonds is 4. The third-order valence-corrected chi connectivity index (χ3v) is 2.04. The first kappa shape index (κ1) is 13.3. The number of carbonyl (C=O) groups is 1. The summed E-state index contributed by atoms with van der Waals surface area (Å²) >= 11 is 0. The molecule has 0 aliphatic heterocycles. The van der Waals surface area contributed by atoms with Crippen molar-refractivity contribution < 1.29 is 23.1 Å². The summed E-state index contributed by atoms with van der Waals surface area (Å²) in [6.07, 6.45) is -5.76. The van der Waals surface area contributed by atoms with Crippen molar-refractivity contribution in [3.63, 3.8) is 0 Å². The van der Waals surface area contributed by atoms with Crippen molar-refractivity contribution in [1.82, 2.24) is 0 Å². The van der Waals surface area contributed by atoms with Crippen LogP contribution in [0.25, 0.3) is 0 Å². The Balaban J connectivity index is 2.60. The van der Waals surface area contributed by atoms with Gasteiger partial charge >= 0.3 is 6.18 Å². The summed E-state index contributed by atoms with van der Waals surface area (Å²) in [6, 6.07) is 4.21. The SMILES string of the molecule is NC(=O)C(O)CNc1ccc(C(F)(F)F)cc1. The normalized spacial score (nSPS) is 13.2. The lowest BCUT2D eigenvalue weighted by Crippen LogP contribution is -2.34. The lowest BCUT2D eigenvalue weighted by molar-refractivity contribution is -0.137. The Morgan fingerprint density at radius 3 is 2.29 bits per heavy atom. The Kier molecular flexibility index (Phi) is 3.95. The first-order valence-corrected chi connectivity index (χ1v) is 4.69. The zero-order chi connectivity index (χ0) is 13.1. The van der Waals surface area contributed by atoms with Gasteiger partial charge in [0, 0.05) is 12.2 Å². The summed E-state index contributed by atoms with van der Waals surface area (Å²) in [5, 5.41) is 11.6. The molecule has 0 radical (unpaired) electrons. The molecule has 0 saturated carbocycles. The predicted octanol–water partition coefficient (Wildman–Crippen LogP) is 0.963. The van der Waals surface area contributed by atoms with Crippen molar-refractivity contribution in [3.05, 3.63) is 29.8 Å². The fraction of sp³-hybridized carbons (Fsp3) is 0.300. The quantitative estimate of drug-likeness (QED) is 0.743. The number of amides is 1. The molecule has 0 fully saturated rings. The van der Waals surface area contributed by atoms with E-state index in [4.69, 9.17) is 10.8 Å². The number of carbonyl (C=O) groups excluding carboxylic acids is 1. The van der Waals surface area contributed by atoms with Gasteiger partial charge in [-0.15, -0.1) is 0 Å². The first-order valence-electron chi connectivity index (χ1n) is 4.69. The highest BCUT2D eigenvalue weighted by atomic mass is 19.4. The van der Waals surface area contributed by atoms with E-state index in [0.29, 0.717) is 5.69 Å². The summed E-state index contributed by atoms with van der Waals surface area (Å²) in [6.45, 7) is -0.152. The maximum Gasteiger partial charge on any atom is 0.416 e. The van der Waals surface area contributed by atoms with E-state index >= 15 is 0 Å². The molecule has 17 heavy (non-hydrogen) atoms. The molecule has 1 amide bonds. The Labute approximate surface area is 95.2 Å². The Morgan fingerprint density at radius 2 is 1.88 bits per heavy atom. The minimum Gasteiger partial charge on any atom is -0.382 e. The Morgan fingerprint density at radius 1 is 1.35 bits per heavy atom. The van der Waals surface area contributed by atoms with Crippen LogP contribution in [0.2, 0.25) is 0 Å². The molecular formula is C10H11F3N2O2. The number of alkyl halides is 3. The second-order valence-electron chi connectivity index (χ2n) is 3.37. The molecular weight excluding hydrogens is 237 g/mol. The van der Waals surface area contributed by atoms with Crippen LogP contribution >= 0.6 is 0 Å². The number of nitrogens with one attached hydrogen (secondary N) is 1. The number of nitrogens with two attached hydrogens (primary N) is 1. The van der Waals surface area contributed by atoms with Crippen LogP contribution in [0.3, 0.4) is 0 Å². The van der Waals surface area contributed by atoms with Gasteiger partial charge in [-0.1, -0.05) is 0 Å². The van der Waals surface area contributed by atoms with Gasteiger partial charge in [0.25, 0.3) is 0 Å². The van der Waals surface area contributed by atoms with E-state index in [1.54, 1.807) is 0 Å². The molecule has 0 heterocycles. The van der Waals surface area contributed by atoms with E-state index in [0.717, 1.165) is 12.1 Å². The van der Waals surface area contributed by atoms with Crippen LogP contribution in [-0.4, -0.2) is 23.7 Å². The van der Waals surface area contributed by atoms with Gasteiger partial charge in [0.15, 0.2) is 0 Å². The molecule has 0 spiro atoms. The van der Waals surface area contributed by atoms with Crippen LogP contribution in [0.1, 0.15) is 5.56 Å². The molecule has 1 aromatic rings. The van der Waals surface area contributed by atoms with Gasteiger partial charge in [0.2, 0.25) is 5.91 Å². The lowest BCUT2D eigenvalue weighted by atomic mass is 10.2. The van der Waals surface area contributed by atoms with Gasteiger partial charge < -0.3 is 16.2 Å². The average Bonchev–Trinajstić information content (AvgIpc) is 2.25. The van der Waals surface area contributed by atoms with E-state index in [-0.39, 0.29) is 6.54 Å². The van der Waals surface area contributed by atoms with E-state index in [9.17, 15) is 18.0 Å². The van der Waals surface area contributed by atoms with Gasteiger partial charge in [0.05, 0.1) is 5.56 Å². The number of benzene rings is 1. The molecule has 0 aliphatic rings. The van der Waals surface area contributed by atoms with Crippen molar-refractivity contribution in [1.29, 1.82) is 0 Å². The molecule has 0 bridgehead atoms. The molecule has 94 valence electrons. The van der Waals surface area contributed by atoms with Crippen molar-refractivity contribution in [2.45, 2.75) is 12.3 Å². The minimum absolute atomic E-state index is 0.152. The Bertz CT molecular complexity index is 390. The van der Waals surface area contributed by atoms with Gasteiger partial charge in [0.1, 0.15) is 6.10 Å². The molecule has 0 aromatic heterocycles. The molecule has 4 nitrogen and oxygen atoms in total. The monoisotopic (exact) mass is 248 g/mol. The highest BCUT2D eigenvalue weighted by Gasteiger charge is 2.29. The molecule has 0 aliphatic carbocycles. The van der Waals surface area contributed by atoms with Crippen LogP contribution in [0.5, 0.6) is 0 Å². The van der Waals surface area contributed by atoms with Gasteiger partial charge in [-0.3, -0.25) is 4.79 Å². The fourth-order valence-corrected chi connectivity index (χ4v) is 1.09. The molecule has 7 heteroatoms. The highest BCUT2D eigenvalue weighted by Crippen LogP contribution is 2.29. The summed E-state index contributed by atoms with van der Waals surface area (Å²) in [5.41, 5.74) is 4.40. The number of hydrogen-bond donors (Lipinski definition) is 3. The van der Waals surface area contributed by atoms with E-state index in [1.165, 1.54) is 12.1 Å². The molecule has 1 aromatic carbocycles. The van der Waals surface area contributed by atoms with Crippen LogP contribution in [0.4, 0.5) is 18.9 Å². The van der Waals surface area contributed by atoms with Crippen LogP contribution < -0.4 is 11.1 Å². The van der Waals surface area contributed by atoms with Crippen LogP contribution in [0.15, 0.2) is 24.3 Å². The topological polar surface area (TPSA) is 75.4 Å². The van der Waals surface area contributed by atoms with E-state index in [2.05, 4.69) is 5.32 Å². The van der Waals surface area contributed by atoms with Crippen LogP contribution in [-0.2, 0) is 11.0 Å². The number of primary amides is 1. The van der Waals surface area contributed by atoms with Crippen molar-refractivity contribution >= 4 is 11.6 Å². The zero-order valence-electron chi connectivity index (χ0n) is 8.66. The zero-order valence-corrected chi connectivity index (χ0v) is 8.66. The fourth-order valence-electron chi connectivity index (χ4n) is 1.09. The number of anilines is 1. The van der Waals surface area contributed by atoms with Crippen molar-refractivity contribution in [2.24, 2.45) is 5.73 Å². The van der Waals surface area contributed by atoms with Gasteiger partial charge in [-0.2, -0.15) is 13.2 Å². The first-order chi connectivity index (χ1) is 7.80. The number of hydrogen-bond acceptors (Lipinski definition) is 3. The second kappa shape index (κ2) is 5.05. The highest BCUT2D eigenvalue weighted by molar-refractivity contribution is 5.79. The summed E-state index contributed by atoms with van der Waals surface area (Å²) in [7, 11) is 0. The van der Waals surface area contributed by atoms with Crippen molar-refractivity contribution in [2.75, 3.05) is 11.9 Å². The molecule has 1 unspecified atom stereocenters. The largest absolute Gasteiger partial charge is 0.416 e. The van der Waals surface area contributed by atoms with E-state index in [1.807, 2.05) is 0 Å². The number of halogens is 3. The molecule has 1 atom stereocenters. The number of aliphatic hydroxyl groups excluding tert-OH is 1. The predicted molar refractivity (Wildman–Crippen MR) is 55.1 cm³/mol. The third-order valence-electron chi connectivity index (χ3n) is 2.04. The molecule has 1 rings (SSSR count). The average molecular weight is 248 g/mol. The Hall–Kier alpha value is -1.76. The smallest absolute Gasteiger partial charge is 0.382 e. The minimum atomic E-state index is -4.38. The van der Waals surface area contributed by atoms with Gasteiger partial charge in [-0.25, -0.2) is 0 Å². The maximum atomic E-state index is 12.2. The summed E-state index contributed by atoms with van der Waals surface area (Å²) < 4.78 is 36.7. The molecule has 0 saturated heterocycles. The van der Waals surface area contributed by atoms with E-state index < -0.39 is 23.8 Å².